The highest BCUT2D eigenvalue weighted by atomic mass is 16.1. The summed E-state index contributed by atoms with van der Waals surface area (Å²) in [5.74, 6) is 0.435. The minimum absolute atomic E-state index is 0.0214. The van der Waals surface area contributed by atoms with Crippen LogP contribution in [0.1, 0.15) is 36.7 Å². The molecule has 0 unspecified atom stereocenters. The predicted octanol–water partition coefficient (Wildman–Crippen LogP) is 4.12. The number of ketones is 1. The van der Waals surface area contributed by atoms with Crippen LogP contribution in [-0.2, 0) is 0 Å². The van der Waals surface area contributed by atoms with Gasteiger partial charge in [-0.3, -0.25) is 9.89 Å². The quantitative estimate of drug-likeness (QED) is 0.494. The van der Waals surface area contributed by atoms with Crippen molar-refractivity contribution >= 4 is 40.0 Å². The van der Waals surface area contributed by atoms with Crippen LogP contribution in [0.15, 0.2) is 42.2 Å². The average Bonchev–Trinajstić information content (AvgIpc) is 3.16. The zero-order valence-corrected chi connectivity index (χ0v) is 14.6. The van der Waals surface area contributed by atoms with Crippen LogP contribution in [0.5, 0.6) is 0 Å². The van der Waals surface area contributed by atoms with Gasteiger partial charge in [-0.25, -0.2) is 4.99 Å². The Balaban J connectivity index is 1.83. The summed E-state index contributed by atoms with van der Waals surface area (Å²) in [4.78, 5) is 19.7. The van der Waals surface area contributed by atoms with E-state index in [2.05, 4.69) is 26.8 Å². The highest BCUT2D eigenvalue weighted by molar-refractivity contribution is 6.11. The van der Waals surface area contributed by atoms with Gasteiger partial charge in [-0.2, -0.15) is 5.10 Å². The number of aliphatic imine (C=N–C) groups is 1. The molecule has 6 nitrogen and oxygen atoms in total. The number of aromatic amines is 2. The molecule has 0 radical (unpaired) electrons. The van der Waals surface area contributed by atoms with Crippen molar-refractivity contribution in [1.82, 2.24) is 15.2 Å². The first-order valence-corrected chi connectivity index (χ1v) is 7.95. The van der Waals surface area contributed by atoms with Crippen LogP contribution >= 0.6 is 0 Å². The van der Waals surface area contributed by atoms with E-state index in [1.807, 2.05) is 39.0 Å². The van der Waals surface area contributed by atoms with Gasteiger partial charge >= 0.3 is 0 Å². The summed E-state index contributed by atoms with van der Waals surface area (Å²) in [6, 6.07) is 5.88. The SMILES string of the molecule is C=C(/C=N\c1[nH]cc(C(=O)C(C)(C)C)c1N)c1ccc2[nH]ncc2c1. The number of nitrogens with two attached hydrogens (primary N) is 1. The van der Waals surface area contributed by atoms with Crippen LogP contribution in [0.25, 0.3) is 16.5 Å². The van der Waals surface area contributed by atoms with Crippen LogP contribution < -0.4 is 5.73 Å². The minimum Gasteiger partial charge on any atom is -0.395 e. The number of allylic oxidation sites excluding steroid dienone is 1. The second kappa shape index (κ2) is 6.05. The number of nitrogens with one attached hydrogen (secondary N) is 2. The monoisotopic (exact) mass is 335 g/mol. The number of carbonyl (C=O) groups excluding carboxylic acids is 1. The van der Waals surface area contributed by atoms with Crippen molar-refractivity contribution in [2.24, 2.45) is 10.4 Å². The zero-order valence-electron chi connectivity index (χ0n) is 14.6. The van der Waals surface area contributed by atoms with Gasteiger partial charge in [0.15, 0.2) is 11.6 Å². The number of hydrogen-bond donors (Lipinski definition) is 3. The first-order chi connectivity index (χ1) is 11.8. The Morgan fingerprint density at radius 2 is 2.12 bits per heavy atom. The van der Waals surface area contributed by atoms with Gasteiger partial charge in [0.1, 0.15) is 0 Å². The van der Waals surface area contributed by atoms with Crippen LogP contribution in [0.3, 0.4) is 0 Å². The number of Topliss-reactive ketones (excluding diaryl/α,β-unsaturated/α-hetero) is 1. The van der Waals surface area contributed by atoms with E-state index in [4.69, 9.17) is 5.73 Å². The largest absolute Gasteiger partial charge is 0.395 e. The molecule has 6 heteroatoms. The number of aromatic nitrogens is 3. The molecule has 3 aromatic rings. The molecule has 2 aromatic heterocycles. The summed E-state index contributed by atoms with van der Waals surface area (Å²) in [6.45, 7) is 9.62. The van der Waals surface area contributed by atoms with Crippen LogP contribution in [0.4, 0.5) is 11.5 Å². The first-order valence-electron chi connectivity index (χ1n) is 7.95. The molecule has 0 atom stereocenters. The summed E-state index contributed by atoms with van der Waals surface area (Å²) in [7, 11) is 0. The number of nitrogens with zero attached hydrogens (tertiary/aromatic N) is 2. The summed E-state index contributed by atoms with van der Waals surface area (Å²) in [6.07, 6.45) is 5.00. The molecule has 128 valence electrons. The van der Waals surface area contributed by atoms with E-state index in [1.54, 1.807) is 18.6 Å². The third-order valence-electron chi connectivity index (χ3n) is 3.98. The second-order valence-electron chi connectivity index (χ2n) is 7.00. The van der Waals surface area contributed by atoms with Gasteiger partial charge in [0.05, 0.1) is 23.0 Å². The number of fused-ring (bicyclic) bond motifs is 1. The third-order valence-corrected chi connectivity index (χ3v) is 3.98. The topological polar surface area (TPSA) is 99.9 Å². The van der Waals surface area contributed by atoms with E-state index < -0.39 is 5.41 Å². The molecule has 0 aliphatic rings. The molecule has 0 aliphatic heterocycles. The lowest BCUT2D eigenvalue weighted by atomic mass is 9.87. The van der Waals surface area contributed by atoms with Gasteiger partial charge in [0.25, 0.3) is 0 Å². The van der Waals surface area contributed by atoms with Crippen molar-refractivity contribution in [3.8, 4) is 0 Å². The molecule has 1 aromatic carbocycles. The maximum atomic E-state index is 12.4. The molecule has 25 heavy (non-hydrogen) atoms. The molecule has 2 heterocycles. The maximum Gasteiger partial charge on any atom is 0.171 e. The fraction of sp³-hybridized carbons (Fsp3) is 0.211. The van der Waals surface area contributed by atoms with E-state index in [1.165, 1.54) is 0 Å². The molecule has 0 aliphatic carbocycles. The molecule has 4 N–H and O–H groups in total. The molecular weight excluding hydrogens is 314 g/mol. The lowest BCUT2D eigenvalue weighted by Crippen LogP contribution is -2.20. The van der Waals surface area contributed by atoms with Crippen LogP contribution in [0, 0.1) is 5.41 Å². The number of benzene rings is 1. The number of rotatable bonds is 4. The molecule has 3 rings (SSSR count). The highest BCUT2D eigenvalue weighted by Crippen LogP contribution is 2.30. The Hall–Kier alpha value is -3.15. The van der Waals surface area contributed by atoms with E-state index in [9.17, 15) is 4.79 Å². The van der Waals surface area contributed by atoms with Crippen molar-refractivity contribution in [3.63, 3.8) is 0 Å². The summed E-state index contributed by atoms with van der Waals surface area (Å²) in [5, 5.41) is 7.92. The summed E-state index contributed by atoms with van der Waals surface area (Å²) in [5.41, 5.74) is 9.04. The summed E-state index contributed by atoms with van der Waals surface area (Å²) >= 11 is 0. The standard InChI is InChI=1S/C19H21N5O/c1-11(12-5-6-15-13(7-12)9-23-24-15)8-21-18-16(20)14(10-22-18)17(25)19(2,3)4/h5-10,22H,1,20H2,2-4H3,(H,23,24)/b21-8-. The number of anilines is 1. The molecule has 0 spiro atoms. The van der Waals surface area contributed by atoms with E-state index in [0.29, 0.717) is 17.1 Å². The Morgan fingerprint density at radius 1 is 1.36 bits per heavy atom. The normalized spacial score (nSPS) is 12.1. The minimum atomic E-state index is -0.499. The predicted molar refractivity (Wildman–Crippen MR) is 102 cm³/mol. The first kappa shape index (κ1) is 16.7. The molecule has 0 fully saturated rings. The van der Waals surface area contributed by atoms with Gasteiger partial charge in [-0.15, -0.1) is 0 Å². The molecular formula is C19H21N5O. The zero-order chi connectivity index (χ0) is 18.2. The Morgan fingerprint density at radius 3 is 2.84 bits per heavy atom. The van der Waals surface area contributed by atoms with Crippen molar-refractivity contribution in [1.29, 1.82) is 0 Å². The van der Waals surface area contributed by atoms with Crippen molar-refractivity contribution in [2.45, 2.75) is 20.8 Å². The number of nitrogen functional groups attached to an aromatic ring is 1. The van der Waals surface area contributed by atoms with Gasteiger partial charge in [-0.1, -0.05) is 33.4 Å². The van der Waals surface area contributed by atoms with Crippen molar-refractivity contribution in [3.05, 3.63) is 48.3 Å². The van der Waals surface area contributed by atoms with Crippen LogP contribution in [0.2, 0.25) is 0 Å². The smallest absolute Gasteiger partial charge is 0.171 e. The molecule has 0 bridgehead atoms. The van der Waals surface area contributed by atoms with Crippen molar-refractivity contribution < 1.29 is 4.79 Å². The van der Waals surface area contributed by atoms with E-state index >= 15 is 0 Å². The van der Waals surface area contributed by atoms with Crippen molar-refractivity contribution in [2.75, 3.05) is 5.73 Å². The Labute approximate surface area is 145 Å². The number of hydrogen-bond acceptors (Lipinski definition) is 4. The van der Waals surface area contributed by atoms with E-state index in [0.717, 1.165) is 22.0 Å². The molecule has 0 amide bonds. The maximum absolute atomic E-state index is 12.4. The third kappa shape index (κ3) is 3.24. The van der Waals surface area contributed by atoms with Gasteiger partial charge < -0.3 is 10.7 Å². The lowest BCUT2D eigenvalue weighted by molar-refractivity contribution is 0.0859. The number of H-pyrrole nitrogens is 2. The number of carbonyl (C=O) groups is 1. The van der Waals surface area contributed by atoms with E-state index in [-0.39, 0.29) is 5.78 Å². The van der Waals surface area contributed by atoms with Gasteiger partial charge in [0, 0.05) is 23.2 Å². The fourth-order valence-electron chi connectivity index (χ4n) is 2.48. The Bertz CT molecular complexity index is 985. The fourth-order valence-corrected chi connectivity index (χ4v) is 2.48. The lowest BCUT2D eigenvalue weighted by Gasteiger charge is -2.15. The van der Waals surface area contributed by atoms with Gasteiger partial charge in [-0.05, 0) is 23.3 Å². The molecule has 0 saturated carbocycles. The second-order valence-corrected chi connectivity index (χ2v) is 7.00. The average molecular weight is 335 g/mol. The highest BCUT2D eigenvalue weighted by Gasteiger charge is 2.26. The van der Waals surface area contributed by atoms with Gasteiger partial charge in [0.2, 0.25) is 0 Å². The Kier molecular flexibility index (Phi) is 4.04. The van der Waals surface area contributed by atoms with Crippen LogP contribution in [-0.4, -0.2) is 27.2 Å². The summed E-state index contributed by atoms with van der Waals surface area (Å²) < 4.78 is 0. The molecule has 0 saturated heterocycles.